The Morgan fingerprint density at radius 1 is 1.20 bits per heavy atom. The van der Waals surface area contributed by atoms with Gasteiger partial charge in [0, 0.05) is 18.2 Å². The molecule has 3 rings (SSSR count). The van der Waals surface area contributed by atoms with Crippen molar-refractivity contribution in [3.63, 3.8) is 0 Å². The van der Waals surface area contributed by atoms with Crippen molar-refractivity contribution in [1.82, 2.24) is 25.6 Å². The second kappa shape index (κ2) is 7.33. The number of nitrogens with zero attached hydrogens (tertiary/aromatic N) is 3. The fraction of sp³-hybridized carbons (Fsp3) is 0.412. The molecule has 0 atom stereocenters. The van der Waals surface area contributed by atoms with Gasteiger partial charge in [0.25, 0.3) is 17.7 Å². The number of carbonyl (C=O) groups excluding carboxylic acids is 2. The van der Waals surface area contributed by atoms with Crippen molar-refractivity contribution in [2.75, 3.05) is 13.2 Å². The van der Waals surface area contributed by atoms with Crippen molar-refractivity contribution in [2.24, 2.45) is 0 Å². The maximum absolute atomic E-state index is 12.3. The van der Waals surface area contributed by atoms with Crippen LogP contribution in [0.25, 0.3) is 5.69 Å². The van der Waals surface area contributed by atoms with Crippen LogP contribution in [-0.2, 0) is 0 Å². The summed E-state index contributed by atoms with van der Waals surface area (Å²) in [6.07, 6.45) is 1.98. The molecule has 0 bridgehead atoms. The molecule has 2 aromatic rings. The zero-order chi connectivity index (χ0) is 17.8. The number of benzene rings is 1. The Labute approximate surface area is 145 Å². The topological polar surface area (TPSA) is 98.1 Å². The first-order valence-electron chi connectivity index (χ1n) is 8.42. The summed E-state index contributed by atoms with van der Waals surface area (Å²) < 4.78 is 7.06. The third-order valence-electron chi connectivity index (χ3n) is 3.75. The van der Waals surface area contributed by atoms with E-state index in [0.717, 1.165) is 12.8 Å². The maximum atomic E-state index is 12.3. The average molecular weight is 343 g/mol. The highest BCUT2D eigenvalue weighted by atomic mass is 16.5. The van der Waals surface area contributed by atoms with E-state index in [9.17, 15) is 9.59 Å². The Bertz CT molecular complexity index is 765. The van der Waals surface area contributed by atoms with Crippen molar-refractivity contribution >= 4 is 11.8 Å². The zero-order valence-electron chi connectivity index (χ0n) is 14.3. The van der Waals surface area contributed by atoms with E-state index in [4.69, 9.17) is 4.74 Å². The first kappa shape index (κ1) is 16.9. The van der Waals surface area contributed by atoms with Gasteiger partial charge in [0.05, 0.1) is 12.3 Å². The van der Waals surface area contributed by atoms with Gasteiger partial charge in [0.1, 0.15) is 0 Å². The van der Waals surface area contributed by atoms with Crippen LogP contribution in [0.15, 0.2) is 24.3 Å². The maximum Gasteiger partial charge on any atom is 0.277 e. The van der Waals surface area contributed by atoms with E-state index in [1.165, 1.54) is 4.68 Å². The highest BCUT2D eigenvalue weighted by molar-refractivity contribution is 5.95. The van der Waals surface area contributed by atoms with Crippen LogP contribution >= 0.6 is 0 Å². The molecule has 8 nitrogen and oxygen atoms in total. The van der Waals surface area contributed by atoms with Crippen molar-refractivity contribution in [3.8, 4) is 11.6 Å². The van der Waals surface area contributed by atoms with Crippen LogP contribution in [0.5, 0.6) is 5.88 Å². The van der Waals surface area contributed by atoms with Gasteiger partial charge in [-0.15, -0.1) is 5.10 Å². The van der Waals surface area contributed by atoms with E-state index in [1.807, 2.05) is 13.8 Å². The Kier molecular flexibility index (Phi) is 4.97. The van der Waals surface area contributed by atoms with Gasteiger partial charge in [-0.25, -0.2) is 0 Å². The SMILES string of the molecule is CCNC(=O)c1ccc(-n2nnc(C(=O)NC3CC3)c2OCC)cc1. The van der Waals surface area contributed by atoms with Gasteiger partial charge in [0.2, 0.25) is 5.69 Å². The minimum absolute atomic E-state index is 0.137. The number of ether oxygens (including phenoxy) is 1. The van der Waals surface area contributed by atoms with Gasteiger partial charge in [-0.3, -0.25) is 9.59 Å². The summed E-state index contributed by atoms with van der Waals surface area (Å²) in [4.78, 5) is 24.1. The molecule has 1 aromatic carbocycles. The van der Waals surface area contributed by atoms with Crippen LogP contribution in [0.3, 0.4) is 0 Å². The molecule has 1 heterocycles. The lowest BCUT2D eigenvalue weighted by atomic mass is 10.2. The second-order valence-corrected chi connectivity index (χ2v) is 5.74. The summed E-state index contributed by atoms with van der Waals surface area (Å²) in [5.41, 5.74) is 1.38. The highest BCUT2D eigenvalue weighted by Gasteiger charge is 2.28. The van der Waals surface area contributed by atoms with Gasteiger partial charge in [0.15, 0.2) is 0 Å². The van der Waals surface area contributed by atoms with Crippen LogP contribution in [-0.4, -0.2) is 46.0 Å². The van der Waals surface area contributed by atoms with Crippen molar-refractivity contribution in [3.05, 3.63) is 35.5 Å². The van der Waals surface area contributed by atoms with Crippen molar-refractivity contribution in [2.45, 2.75) is 32.7 Å². The molecule has 1 saturated carbocycles. The third kappa shape index (κ3) is 3.78. The van der Waals surface area contributed by atoms with Crippen molar-refractivity contribution in [1.29, 1.82) is 0 Å². The second-order valence-electron chi connectivity index (χ2n) is 5.74. The molecule has 1 aliphatic rings. The number of rotatable bonds is 7. The van der Waals surface area contributed by atoms with Gasteiger partial charge in [-0.2, -0.15) is 4.68 Å². The Balaban J connectivity index is 1.86. The number of aromatic nitrogens is 3. The number of nitrogens with one attached hydrogen (secondary N) is 2. The molecule has 132 valence electrons. The molecule has 25 heavy (non-hydrogen) atoms. The van der Waals surface area contributed by atoms with E-state index in [1.54, 1.807) is 24.3 Å². The predicted molar refractivity (Wildman–Crippen MR) is 91.0 cm³/mol. The third-order valence-corrected chi connectivity index (χ3v) is 3.75. The average Bonchev–Trinajstić information content (AvgIpc) is 3.32. The van der Waals surface area contributed by atoms with E-state index in [-0.39, 0.29) is 23.6 Å². The fourth-order valence-electron chi connectivity index (χ4n) is 2.35. The normalized spacial score (nSPS) is 13.4. The summed E-state index contributed by atoms with van der Waals surface area (Å²) >= 11 is 0. The van der Waals surface area contributed by atoms with Crippen LogP contribution in [0.1, 0.15) is 47.5 Å². The Hall–Kier alpha value is -2.90. The minimum Gasteiger partial charge on any atom is -0.476 e. The lowest BCUT2D eigenvalue weighted by molar-refractivity contribution is 0.0938. The molecule has 1 fully saturated rings. The summed E-state index contributed by atoms with van der Waals surface area (Å²) in [7, 11) is 0. The first-order valence-corrected chi connectivity index (χ1v) is 8.42. The number of carbonyl (C=O) groups is 2. The summed E-state index contributed by atoms with van der Waals surface area (Å²) in [5, 5.41) is 13.6. The highest BCUT2D eigenvalue weighted by Crippen LogP contribution is 2.24. The van der Waals surface area contributed by atoms with Crippen LogP contribution in [0, 0.1) is 0 Å². The number of hydrogen-bond donors (Lipinski definition) is 2. The van der Waals surface area contributed by atoms with Crippen LogP contribution in [0.4, 0.5) is 0 Å². The lowest BCUT2D eigenvalue weighted by Gasteiger charge is -2.09. The standard InChI is InChI=1S/C17H21N5O3/c1-3-18-15(23)11-5-9-13(10-6-11)22-17(25-4-2)14(20-21-22)16(24)19-12-7-8-12/h5-6,9-10,12H,3-4,7-8H2,1-2H3,(H,18,23)(H,19,24). The fourth-order valence-corrected chi connectivity index (χ4v) is 2.35. The quantitative estimate of drug-likeness (QED) is 0.790. The Morgan fingerprint density at radius 2 is 1.92 bits per heavy atom. The van der Waals surface area contributed by atoms with Gasteiger partial charge in [-0.05, 0) is 51.0 Å². The molecular formula is C17H21N5O3. The number of amides is 2. The molecule has 0 aliphatic heterocycles. The smallest absolute Gasteiger partial charge is 0.277 e. The minimum atomic E-state index is -0.281. The predicted octanol–water partition coefficient (Wildman–Crippen LogP) is 1.31. The molecule has 2 amide bonds. The van der Waals surface area contributed by atoms with E-state index >= 15 is 0 Å². The van der Waals surface area contributed by atoms with Crippen LogP contribution < -0.4 is 15.4 Å². The molecule has 1 aliphatic carbocycles. The molecular weight excluding hydrogens is 322 g/mol. The van der Waals surface area contributed by atoms with Gasteiger partial charge < -0.3 is 15.4 Å². The van der Waals surface area contributed by atoms with Gasteiger partial charge >= 0.3 is 0 Å². The summed E-state index contributed by atoms with van der Waals surface area (Å²) in [5.74, 6) is -0.121. The van der Waals surface area contributed by atoms with E-state index in [2.05, 4.69) is 20.9 Å². The first-order chi connectivity index (χ1) is 12.1. The Morgan fingerprint density at radius 3 is 2.52 bits per heavy atom. The largest absolute Gasteiger partial charge is 0.476 e. The van der Waals surface area contributed by atoms with Gasteiger partial charge in [-0.1, -0.05) is 5.21 Å². The van der Waals surface area contributed by atoms with E-state index in [0.29, 0.717) is 30.3 Å². The summed E-state index contributed by atoms with van der Waals surface area (Å²) in [6, 6.07) is 7.10. The molecule has 0 spiro atoms. The zero-order valence-corrected chi connectivity index (χ0v) is 14.3. The van der Waals surface area contributed by atoms with Crippen molar-refractivity contribution < 1.29 is 14.3 Å². The lowest BCUT2D eigenvalue weighted by Crippen LogP contribution is -2.26. The monoisotopic (exact) mass is 343 g/mol. The molecule has 0 radical (unpaired) electrons. The van der Waals surface area contributed by atoms with Crippen LogP contribution in [0.2, 0.25) is 0 Å². The molecule has 0 unspecified atom stereocenters. The number of hydrogen-bond acceptors (Lipinski definition) is 5. The molecule has 8 heteroatoms. The summed E-state index contributed by atoms with van der Waals surface area (Å²) in [6.45, 7) is 4.65. The molecule has 2 N–H and O–H groups in total. The van der Waals surface area contributed by atoms with E-state index < -0.39 is 0 Å². The molecule has 1 aromatic heterocycles. The molecule has 0 saturated heterocycles.